The van der Waals surface area contributed by atoms with Crippen molar-refractivity contribution in [2.75, 3.05) is 0 Å². The highest BCUT2D eigenvalue weighted by atomic mass is 79.9. The van der Waals surface area contributed by atoms with Crippen molar-refractivity contribution in [3.8, 4) is 0 Å². The molecule has 0 heterocycles. The molecule has 0 spiro atoms. The Balaban J connectivity index is 0.000001000. The van der Waals surface area contributed by atoms with Crippen LogP contribution in [0.1, 0.15) is 5.56 Å². The molecule has 0 aliphatic carbocycles. The van der Waals surface area contributed by atoms with Gasteiger partial charge in [0, 0.05) is 4.47 Å². The second kappa shape index (κ2) is 5.16. The van der Waals surface area contributed by atoms with Crippen LogP contribution in [0.15, 0.2) is 33.9 Å². The summed E-state index contributed by atoms with van der Waals surface area (Å²) in [5.41, 5.74) is 0.880. The number of halogens is 2. The van der Waals surface area contributed by atoms with Crippen LogP contribution < -0.4 is 0 Å². The van der Waals surface area contributed by atoms with E-state index in [1.165, 1.54) is 6.21 Å². The maximum Gasteiger partial charge on any atom is 0.0733 e. The SMILES string of the molecule is Cl.ON=Cc1ccc(Br)cc1. The lowest BCUT2D eigenvalue weighted by atomic mass is 10.2. The third kappa shape index (κ3) is 3.39. The molecule has 0 aromatic heterocycles. The minimum Gasteiger partial charge on any atom is -0.411 e. The molecule has 4 heteroatoms. The summed E-state index contributed by atoms with van der Waals surface area (Å²) in [4.78, 5) is 0. The van der Waals surface area contributed by atoms with Gasteiger partial charge in [0.15, 0.2) is 0 Å². The molecule has 1 rings (SSSR count). The third-order valence-electron chi connectivity index (χ3n) is 1.08. The van der Waals surface area contributed by atoms with Crippen molar-refractivity contribution < 1.29 is 5.21 Å². The number of rotatable bonds is 1. The summed E-state index contributed by atoms with van der Waals surface area (Å²) in [6.45, 7) is 0. The molecule has 0 fully saturated rings. The summed E-state index contributed by atoms with van der Waals surface area (Å²) >= 11 is 3.29. The molecular weight excluding hydrogens is 229 g/mol. The Morgan fingerprint density at radius 1 is 1.27 bits per heavy atom. The topological polar surface area (TPSA) is 32.6 Å². The first-order chi connectivity index (χ1) is 4.83. The van der Waals surface area contributed by atoms with Crippen LogP contribution in [0.2, 0.25) is 0 Å². The van der Waals surface area contributed by atoms with E-state index in [2.05, 4.69) is 21.1 Å². The molecule has 0 saturated carbocycles. The summed E-state index contributed by atoms with van der Waals surface area (Å²) in [7, 11) is 0. The highest BCUT2D eigenvalue weighted by molar-refractivity contribution is 9.10. The lowest BCUT2D eigenvalue weighted by Crippen LogP contribution is -1.77. The van der Waals surface area contributed by atoms with Gasteiger partial charge in [0.1, 0.15) is 0 Å². The van der Waals surface area contributed by atoms with E-state index in [0.29, 0.717) is 0 Å². The van der Waals surface area contributed by atoms with Crippen LogP contribution in [0.25, 0.3) is 0 Å². The predicted molar refractivity (Wildman–Crippen MR) is 50.8 cm³/mol. The number of hydrogen-bond donors (Lipinski definition) is 1. The molecule has 60 valence electrons. The maximum absolute atomic E-state index is 8.15. The van der Waals surface area contributed by atoms with Gasteiger partial charge in [-0.1, -0.05) is 33.2 Å². The Hall–Kier alpha value is -0.540. The molecule has 0 unspecified atom stereocenters. The average molecular weight is 236 g/mol. The fraction of sp³-hybridized carbons (Fsp3) is 0. The number of hydrogen-bond acceptors (Lipinski definition) is 2. The van der Waals surface area contributed by atoms with Crippen molar-refractivity contribution in [3.63, 3.8) is 0 Å². The largest absolute Gasteiger partial charge is 0.411 e. The van der Waals surface area contributed by atoms with E-state index in [1.807, 2.05) is 24.3 Å². The molecule has 0 saturated heterocycles. The summed E-state index contributed by atoms with van der Waals surface area (Å²) < 4.78 is 1.02. The first-order valence-corrected chi connectivity index (χ1v) is 3.55. The van der Waals surface area contributed by atoms with Gasteiger partial charge in [0.25, 0.3) is 0 Å². The number of benzene rings is 1. The van der Waals surface area contributed by atoms with Crippen molar-refractivity contribution in [3.05, 3.63) is 34.3 Å². The molecule has 0 radical (unpaired) electrons. The first-order valence-electron chi connectivity index (χ1n) is 2.76. The molecule has 1 aromatic carbocycles. The zero-order chi connectivity index (χ0) is 7.40. The van der Waals surface area contributed by atoms with Gasteiger partial charge >= 0.3 is 0 Å². The van der Waals surface area contributed by atoms with Crippen LogP contribution in [-0.4, -0.2) is 11.4 Å². The Morgan fingerprint density at radius 2 is 1.82 bits per heavy atom. The quantitative estimate of drug-likeness (QED) is 0.454. The van der Waals surface area contributed by atoms with E-state index in [0.717, 1.165) is 10.0 Å². The molecule has 11 heavy (non-hydrogen) atoms. The highest BCUT2D eigenvalue weighted by Crippen LogP contribution is 2.08. The summed E-state index contributed by atoms with van der Waals surface area (Å²) in [6, 6.07) is 7.47. The third-order valence-corrected chi connectivity index (χ3v) is 1.61. The van der Waals surface area contributed by atoms with Crippen LogP contribution in [0, 0.1) is 0 Å². The zero-order valence-corrected chi connectivity index (χ0v) is 7.97. The van der Waals surface area contributed by atoms with E-state index < -0.39 is 0 Å². The summed E-state index contributed by atoms with van der Waals surface area (Å²) in [6.07, 6.45) is 1.38. The van der Waals surface area contributed by atoms with Gasteiger partial charge in [-0.05, 0) is 17.7 Å². The van der Waals surface area contributed by atoms with Crippen LogP contribution in [0.3, 0.4) is 0 Å². The predicted octanol–water partition coefficient (Wildman–Crippen LogP) is 2.68. The Bertz CT molecular complexity index is 235. The fourth-order valence-corrected chi connectivity index (χ4v) is 0.880. The van der Waals surface area contributed by atoms with Gasteiger partial charge < -0.3 is 5.21 Å². The zero-order valence-electron chi connectivity index (χ0n) is 5.57. The molecule has 0 bridgehead atoms. The van der Waals surface area contributed by atoms with Gasteiger partial charge in [0.2, 0.25) is 0 Å². The Kier molecular flexibility index (Phi) is 4.90. The van der Waals surface area contributed by atoms with E-state index in [1.54, 1.807) is 0 Å². The average Bonchev–Trinajstić information content (AvgIpc) is 1.95. The monoisotopic (exact) mass is 235 g/mol. The lowest BCUT2D eigenvalue weighted by Gasteiger charge is -1.89. The van der Waals surface area contributed by atoms with E-state index in [-0.39, 0.29) is 12.4 Å². The van der Waals surface area contributed by atoms with Gasteiger partial charge in [-0.15, -0.1) is 12.4 Å². The summed E-state index contributed by atoms with van der Waals surface area (Å²) in [5, 5.41) is 11.0. The van der Waals surface area contributed by atoms with Crippen LogP contribution in [-0.2, 0) is 0 Å². The normalized spacial score (nSPS) is 9.55. The maximum atomic E-state index is 8.15. The number of oxime groups is 1. The molecule has 1 aromatic rings. The Morgan fingerprint density at radius 3 is 2.27 bits per heavy atom. The fourth-order valence-electron chi connectivity index (χ4n) is 0.616. The summed E-state index contributed by atoms with van der Waals surface area (Å²) in [5.74, 6) is 0. The minimum absolute atomic E-state index is 0. The van der Waals surface area contributed by atoms with Crippen LogP contribution >= 0.6 is 28.3 Å². The molecule has 0 aliphatic heterocycles. The van der Waals surface area contributed by atoms with Crippen molar-refractivity contribution in [1.82, 2.24) is 0 Å². The molecule has 2 nitrogen and oxygen atoms in total. The smallest absolute Gasteiger partial charge is 0.0733 e. The van der Waals surface area contributed by atoms with E-state index >= 15 is 0 Å². The minimum atomic E-state index is 0. The van der Waals surface area contributed by atoms with Crippen molar-refractivity contribution in [1.29, 1.82) is 0 Å². The number of nitrogens with zero attached hydrogens (tertiary/aromatic N) is 1. The second-order valence-corrected chi connectivity index (χ2v) is 2.71. The Labute approximate surface area is 79.5 Å². The van der Waals surface area contributed by atoms with Gasteiger partial charge in [-0.3, -0.25) is 0 Å². The van der Waals surface area contributed by atoms with Crippen LogP contribution in [0.5, 0.6) is 0 Å². The standard InChI is InChI=1S/C7H6BrNO.ClH/c8-7-3-1-6(2-4-7)5-9-10;/h1-5,10H;1H. The van der Waals surface area contributed by atoms with E-state index in [9.17, 15) is 0 Å². The van der Waals surface area contributed by atoms with Crippen molar-refractivity contribution in [2.24, 2.45) is 5.16 Å². The van der Waals surface area contributed by atoms with Gasteiger partial charge in [-0.25, -0.2) is 0 Å². The molecule has 1 N–H and O–H groups in total. The van der Waals surface area contributed by atoms with Gasteiger partial charge in [-0.2, -0.15) is 0 Å². The second-order valence-electron chi connectivity index (χ2n) is 1.80. The molecule has 0 aliphatic rings. The molecule has 0 atom stereocenters. The van der Waals surface area contributed by atoms with Crippen molar-refractivity contribution >= 4 is 34.6 Å². The molecule has 0 amide bonds. The first kappa shape index (κ1) is 10.5. The molecular formula is C7H7BrClNO. The lowest BCUT2D eigenvalue weighted by molar-refractivity contribution is 0.322. The van der Waals surface area contributed by atoms with Crippen molar-refractivity contribution in [2.45, 2.75) is 0 Å². The van der Waals surface area contributed by atoms with Gasteiger partial charge in [0.05, 0.1) is 6.21 Å². The van der Waals surface area contributed by atoms with Crippen LogP contribution in [0.4, 0.5) is 0 Å². The highest BCUT2D eigenvalue weighted by Gasteiger charge is 1.86. The van der Waals surface area contributed by atoms with E-state index in [4.69, 9.17) is 5.21 Å².